The minimum absolute atomic E-state index is 0.0570. The molecule has 0 amide bonds. The molecule has 4 aromatic carbocycles. The Hall–Kier alpha value is -4.45. The molecule has 4 aromatic rings. The van der Waals surface area contributed by atoms with Crippen molar-refractivity contribution >= 4 is 28.1 Å². The minimum Gasteiger partial charge on any atom is -0.423 e. The van der Waals surface area contributed by atoms with E-state index < -0.39 is 5.97 Å². The molecule has 35 heavy (non-hydrogen) atoms. The molecule has 6 heteroatoms. The van der Waals surface area contributed by atoms with E-state index in [9.17, 15) is 14.9 Å². The van der Waals surface area contributed by atoms with Crippen molar-refractivity contribution < 1.29 is 14.5 Å². The fraction of sp³-hybridized carbons (Fsp3) is 0.138. The number of rotatable bonds is 4. The highest BCUT2D eigenvalue weighted by Gasteiger charge is 2.39. The van der Waals surface area contributed by atoms with Gasteiger partial charge in [-0.15, -0.1) is 0 Å². The van der Waals surface area contributed by atoms with Gasteiger partial charge in [0.15, 0.2) is 0 Å². The SMILES string of the molecule is O=C(Oc1ccc2ccccc2c1)c1cccc2c1N[C@H](c1cccc([N+](=O)[O-])c1)[C@H]1CC=C[C@@H]21. The van der Waals surface area contributed by atoms with Crippen molar-refractivity contribution in [3.63, 3.8) is 0 Å². The lowest BCUT2D eigenvalue weighted by atomic mass is 9.76. The number of para-hydroxylation sites is 1. The average molecular weight is 463 g/mol. The number of non-ortho nitro benzene ring substituents is 1. The zero-order valence-corrected chi connectivity index (χ0v) is 18.8. The van der Waals surface area contributed by atoms with Crippen molar-refractivity contribution in [1.82, 2.24) is 0 Å². The second kappa shape index (κ2) is 8.40. The molecule has 1 N–H and O–H groups in total. The molecule has 3 atom stereocenters. The number of esters is 1. The van der Waals surface area contributed by atoms with Crippen molar-refractivity contribution in [1.29, 1.82) is 0 Å². The molecule has 0 spiro atoms. The monoisotopic (exact) mass is 462 g/mol. The number of carbonyl (C=O) groups is 1. The number of benzene rings is 4. The van der Waals surface area contributed by atoms with Crippen molar-refractivity contribution in [2.45, 2.75) is 18.4 Å². The van der Waals surface area contributed by atoms with Crippen molar-refractivity contribution in [2.24, 2.45) is 5.92 Å². The summed E-state index contributed by atoms with van der Waals surface area (Å²) in [6.07, 6.45) is 5.18. The first-order chi connectivity index (χ1) is 17.1. The van der Waals surface area contributed by atoms with Gasteiger partial charge in [0.05, 0.1) is 22.2 Å². The molecule has 0 saturated carbocycles. The number of hydrogen-bond donors (Lipinski definition) is 1. The first kappa shape index (κ1) is 21.1. The average Bonchev–Trinajstić information content (AvgIpc) is 3.38. The predicted molar refractivity (Wildman–Crippen MR) is 135 cm³/mol. The van der Waals surface area contributed by atoms with Gasteiger partial charge in [0.2, 0.25) is 0 Å². The van der Waals surface area contributed by atoms with Crippen LogP contribution in [-0.2, 0) is 0 Å². The number of nitro groups is 1. The Kier molecular flexibility index (Phi) is 5.07. The van der Waals surface area contributed by atoms with E-state index in [2.05, 4.69) is 17.5 Å². The summed E-state index contributed by atoms with van der Waals surface area (Å²) in [7, 11) is 0. The Morgan fingerprint density at radius 3 is 2.63 bits per heavy atom. The van der Waals surface area contributed by atoms with E-state index in [-0.39, 0.29) is 28.5 Å². The fourth-order valence-electron chi connectivity index (χ4n) is 5.35. The molecule has 0 saturated heterocycles. The second-order valence-corrected chi connectivity index (χ2v) is 9.00. The quantitative estimate of drug-likeness (QED) is 0.119. The van der Waals surface area contributed by atoms with E-state index in [1.54, 1.807) is 24.3 Å². The summed E-state index contributed by atoms with van der Waals surface area (Å²) in [5.74, 6) is 0.360. The van der Waals surface area contributed by atoms with Crippen LogP contribution < -0.4 is 10.1 Å². The van der Waals surface area contributed by atoms with Gasteiger partial charge in [-0.05, 0) is 52.4 Å². The number of ether oxygens (including phenoxy) is 1. The summed E-state index contributed by atoms with van der Waals surface area (Å²) in [6.45, 7) is 0. The van der Waals surface area contributed by atoms with Crippen LogP contribution in [0.2, 0.25) is 0 Å². The zero-order valence-electron chi connectivity index (χ0n) is 18.8. The molecular weight excluding hydrogens is 440 g/mol. The molecule has 172 valence electrons. The van der Waals surface area contributed by atoms with Gasteiger partial charge in [-0.2, -0.15) is 0 Å². The molecule has 0 bridgehead atoms. The van der Waals surface area contributed by atoms with Crippen LogP contribution in [0, 0.1) is 16.0 Å². The van der Waals surface area contributed by atoms with E-state index >= 15 is 0 Å². The van der Waals surface area contributed by atoms with E-state index in [0.29, 0.717) is 11.3 Å². The molecule has 1 aliphatic heterocycles. The lowest BCUT2D eigenvalue weighted by Crippen LogP contribution is -2.30. The van der Waals surface area contributed by atoms with Crippen LogP contribution in [0.4, 0.5) is 11.4 Å². The van der Waals surface area contributed by atoms with Crippen molar-refractivity contribution in [3.05, 3.63) is 124 Å². The number of fused-ring (bicyclic) bond motifs is 4. The lowest BCUT2D eigenvalue weighted by molar-refractivity contribution is -0.384. The topological polar surface area (TPSA) is 81.5 Å². The molecule has 1 aliphatic carbocycles. The van der Waals surface area contributed by atoms with Crippen molar-refractivity contribution in [2.75, 3.05) is 5.32 Å². The largest absolute Gasteiger partial charge is 0.423 e. The Morgan fingerprint density at radius 2 is 1.77 bits per heavy atom. The predicted octanol–water partition coefficient (Wildman–Crippen LogP) is 6.79. The third-order valence-corrected chi connectivity index (χ3v) is 6.99. The number of nitrogens with one attached hydrogen (secondary N) is 1. The second-order valence-electron chi connectivity index (χ2n) is 9.00. The van der Waals surface area contributed by atoms with E-state index in [1.165, 1.54) is 6.07 Å². The Balaban J connectivity index is 1.36. The van der Waals surface area contributed by atoms with Crippen molar-refractivity contribution in [3.8, 4) is 5.75 Å². The van der Waals surface area contributed by atoms with Crippen LogP contribution >= 0.6 is 0 Å². The maximum atomic E-state index is 13.3. The maximum absolute atomic E-state index is 13.3. The number of carbonyl (C=O) groups excluding carboxylic acids is 1. The summed E-state index contributed by atoms with van der Waals surface area (Å²) >= 11 is 0. The van der Waals surface area contributed by atoms with Crippen LogP contribution in [0.1, 0.15) is 39.9 Å². The molecule has 0 fully saturated rings. The van der Waals surface area contributed by atoms with E-state index in [0.717, 1.165) is 34.0 Å². The zero-order chi connectivity index (χ0) is 23.9. The first-order valence-corrected chi connectivity index (χ1v) is 11.6. The normalized spacial score (nSPS) is 20.1. The maximum Gasteiger partial charge on any atom is 0.345 e. The summed E-state index contributed by atoms with van der Waals surface area (Å²) in [5.41, 5.74) is 3.11. The molecule has 0 radical (unpaired) electrons. The highest BCUT2D eigenvalue weighted by molar-refractivity contribution is 5.98. The van der Waals surface area contributed by atoms with Gasteiger partial charge in [-0.1, -0.05) is 66.7 Å². The Morgan fingerprint density at radius 1 is 0.943 bits per heavy atom. The Labute approximate surface area is 202 Å². The summed E-state index contributed by atoms with van der Waals surface area (Å²) in [5, 5.41) is 17.0. The van der Waals surface area contributed by atoms with Gasteiger partial charge in [-0.3, -0.25) is 10.1 Å². The lowest BCUT2D eigenvalue weighted by Gasteiger charge is -2.38. The Bertz CT molecular complexity index is 1510. The number of hydrogen-bond acceptors (Lipinski definition) is 5. The van der Waals surface area contributed by atoms with Gasteiger partial charge >= 0.3 is 5.97 Å². The van der Waals surface area contributed by atoms with Crippen LogP contribution in [0.3, 0.4) is 0 Å². The van der Waals surface area contributed by atoms with Crippen LogP contribution in [0.5, 0.6) is 5.75 Å². The summed E-state index contributed by atoms with van der Waals surface area (Å²) < 4.78 is 5.79. The summed E-state index contributed by atoms with van der Waals surface area (Å²) in [6, 6.07) is 25.7. The first-order valence-electron chi connectivity index (χ1n) is 11.6. The molecule has 6 nitrogen and oxygen atoms in total. The highest BCUT2D eigenvalue weighted by atomic mass is 16.6. The molecule has 0 aromatic heterocycles. The third-order valence-electron chi connectivity index (χ3n) is 6.99. The van der Waals surface area contributed by atoms with Crippen LogP contribution in [0.15, 0.2) is 97.1 Å². The standard InChI is InChI=1S/C29H22N2O4/c32-29(35-22-15-14-18-6-1-2-7-19(18)17-22)26-13-5-12-25-23-10-4-11-24(23)27(30-28(25)26)20-8-3-9-21(16-20)31(33)34/h1-10,12-17,23-24,27,30H,11H2/t23-,24+,27-/m1/s1. The third kappa shape index (κ3) is 3.73. The molecule has 6 rings (SSSR count). The number of allylic oxidation sites excluding steroid dienone is 2. The minimum atomic E-state index is -0.442. The molecular formula is C29H22N2O4. The fourth-order valence-corrected chi connectivity index (χ4v) is 5.35. The molecule has 2 aliphatic rings. The smallest absolute Gasteiger partial charge is 0.345 e. The highest BCUT2D eigenvalue weighted by Crippen LogP contribution is 2.51. The van der Waals surface area contributed by atoms with E-state index in [4.69, 9.17) is 4.74 Å². The van der Waals surface area contributed by atoms with Crippen LogP contribution in [-0.4, -0.2) is 10.9 Å². The molecule has 0 unspecified atom stereocenters. The number of nitro benzene ring substituents is 1. The van der Waals surface area contributed by atoms with Gasteiger partial charge < -0.3 is 10.1 Å². The van der Waals surface area contributed by atoms with Gasteiger partial charge in [-0.25, -0.2) is 4.79 Å². The summed E-state index contributed by atoms with van der Waals surface area (Å²) in [4.78, 5) is 24.3. The number of anilines is 1. The van der Waals surface area contributed by atoms with Gasteiger partial charge in [0, 0.05) is 18.1 Å². The number of nitrogens with zero attached hydrogens (tertiary/aromatic N) is 1. The van der Waals surface area contributed by atoms with Gasteiger partial charge in [0.25, 0.3) is 5.69 Å². The van der Waals surface area contributed by atoms with Crippen LogP contribution in [0.25, 0.3) is 10.8 Å². The molecule has 1 heterocycles. The van der Waals surface area contributed by atoms with E-state index in [1.807, 2.05) is 54.6 Å². The van der Waals surface area contributed by atoms with Gasteiger partial charge in [0.1, 0.15) is 5.75 Å².